The van der Waals surface area contributed by atoms with Crippen LogP contribution in [-0.4, -0.2) is 5.91 Å². The monoisotopic (exact) mass is 345 g/mol. The Morgan fingerprint density at radius 3 is 1.95 bits per heavy atom. The molecule has 0 aromatic heterocycles. The second kappa shape index (κ2) is 6.90. The average Bonchev–Trinajstić information content (AvgIpc) is 2.47. The molecule has 3 heteroatoms. The van der Waals surface area contributed by atoms with E-state index in [1.165, 1.54) is 5.56 Å². The van der Waals surface area contributed by atoms with Crippen molar-refractivity contribution in [2.75, 3.05) is 0 Å². The van der Waals surface area contributed by atoms with Gasteiger partial charge >= 0.3 is 0 Å². The molecule has 2 rings (SSSR count). The van der Waals surface area contributed by atoms with E-state index in [0.29, 0.717) is 11.5 Å². The van der Waals surface area contributed by atoms with Crippen molar-refractivity contribution < 1.29 is 4.79 Å². The third-order valence-electron chi connectivity index (χ3n) is 3.56. The highest BCUT2D eigenvalue weighted by Gasteiger charge is 2.11. The summed E-state index contributed by atoms with van der Waals surface area (Å²) in [7, 11) is 0. The van der Waals surface area contributed by atoms with Gasteiger partial charge in [0.25, 0.3) is 5.91 Å². The van der Waals surface area contributed by atoms with Gasteiger partial charge in [-0.25, -0.2) is 0 Å². The van der Waals surface area contributed by atoms with Crippen molar-refractivity contribution in [3.05, 3.63) is 69.7 Å². The quantitative estimate of drug-likeness (QED) is 0.823. The highest BCUT2D eigenvalue weighted by molar-refractivity contribution is 9.10. The fourth-order valence-electron chi connectivity index (χ4n) is 2.13. The lowest BCUT2D eigenvalue weighted by atomic mass is 10.0. The summed E-state index contributed by atoms with van der Waals surface area (Å²) in [5, 5.41) is 3.03. The molecule has 0 bridgehead atoms. The predicted molar refractivity (Wildman–Crippen MR) is 90.6 cm³/mol. The van der Waals surface area contributed by atoms with Crippen LogP contribution in [0.25, 0.3) is 0 Å². The molecule has 0 fully saturated rings. The van der Waals surface area contributed by atoms with Crippen LogP contribution in [-0.2, 0) is 0 Å². The number of halogens is 1. The van der Waals surface area contributed by atoms with E-state index in [4.69, 9.17) is 0 Å². The van der Waals surface area contributed by atoms with Gasteiger partial charge < -0.3 is 5.32 Å². The molecule has 1 unspecified atom stereocenters. The topological polar surface area (TPSA) is 29.1 Å². The molecule has 1 atom stereocenters. The Morgan fingerprint density at radius 2 is 1.43 bits per heavy atom. The van der Waals surface area contributed by atoms with Gasteiger partial charge in [-0.2, -0.15) is 0 Å². The van der Waals surface area contributed by atoms with Crippen LogP contribution in [0.15, 0.2) is 53.0 Å². The summed E-state index contributed by atoms with van der Waals surface area (Å²) in [5.74, 6) is 0.435. The van der Waals surface area contributed by atoms with E-state index in [1.54, 1.807) is 0 Å². The molecule has 0 heterocycles. The van der Waals surface area contributed by atoms with Crippen molar-refractivity contribution in [1.29, 1.82) is 0 Å². The molecule has 0 aliphatic rings. The van der Waals surface area contributed by atoms with Crippen LogP contribution in [0.1, 0.15) is 54.2 Å². The van der Waals surface area contributed by atoms with Crippen molar-refractivity contribution in [3.63, 3.8) is 0 Å². The highest BCUT2D eigenvalue weighted by atomic mass is 79.9. The van der Waals surface area contributed by atoms with Crippen LogP contribution in [0.3, 0.4) is 0 Å². The second-order valence-electron chi connectivity index (χ2n) is 5.52. The normalized spacial score (nSPS) is 12.2. The van der Waals surface area contributed by atoms with Crippen molar-refractivity contribution in [2.45, 2.75) is 32.7 Å². The highest BCUT2D eigenvalue weighted by Crippen LogP contribution is 2.18. The van der Waals surface area contributed by atoms with Gasteiger partial charge in [0.1, 0.15) is 0 Å². The minimum Gasteiger partial charge on any atom is -0.346 e. The lowest BCUT2D eigenvalue weighted by molar-refractivity contribution is 0.0940. The number of benzene rings is 2. The maximum Gasteiger partial charge on any atom is 0.251 e. The van der Waals surface area contributed by atoms with Crippen LogP contribution >= 0.6 is 15.9 Å². The van der Waals surface area contributed by atoms with E-state index in [-0.39, 0.29) is 11.9 Å². The number of carbonyl (C=O) groups excluding carboxylic acids is 1. The summed E-state index contributed by atoms with van der Waals surface area (Å²) in [6.45, 7) is 6.28. The third-order valence-corrected chi connectivity index (χ3v) is 4.09. The maximum atomic E-state index is 12.3. The molecule has 1 amide bonds. The molecule has 0 radical (unpaired) electrons. The summed E-state index contributed by atoms with van der Waals surface area (Å²) in [6, 6.07) is 15.8. The Labute approximate surface area is 134 Å². The number of rotatable bonds is 4. The summed E-state index contributed by atoms with van der Waals surface area (Å²) < 4.78 is 1.04. The molecule has 0 saturated carbocycles. The van der Waals surface area contributed by atoms with Gasteiger partial charge in [0.05, 0.1) is 6.04 Å². The summed E-state index contributed by atoms with van der Waals surface area (Å²) in [6.07, 6.45) is 0. The minimum atomic E-state index is -0.0410. The SMILES string of the molecule is CC(C)c1ccc(C(=O)NC(C)c2ccc(Br)cc2)cc1. The minimum absolute atomic E-state index is 0.0182. The first kappa shape index (κ1) is 15.8. The van der Waals surface area contributed by atoms with Crippen LogP contribution < -0.4 is 5.32 Å². The van der Waals surface area contributed by atoms with Gasteiger partial charge in [-0.3, -0.25) is 4.79 Å². The lowest BCUT2D eigenvalue weighted by Crippen LogP contribution is -2.26. The molecule has 0 aliphatic carbocycles. The molecule has 2 aromatic carbocycles. The average molecular weight is 346 g/mol. The Kier molecular flexibility index (Phi) is 5.18. The van der Waals surface area contributed by atoms with E-state index in [0.717, 1.165) is 10.0 Å². The van der Waals surface area contributed by atoms with E-state index >= 15 is 0 Å². The number of amides is 1. The van der Waals surface area contributed by atoms with Gasteiger partial charge in [-0.1, -0.05) is 54.0 Å². The standard InChI is InChI=1S/C18H20BrNO/c1-12(2)14-4-6-16(7-5-14)18(21)20-13(3)15-8-10-17(19)11-9-15/h4-13H,1-3H3,(H,20,21). The molecule has 0 saturated heterocycles. The third kappa shape index (κ3) is 4.18. The lowest BCUT2D eigenvalue weighted by Gasteiger charge is -2.15. The van der Waals surface area contributed by atoms with Crippen LogP contribution in [0.2, 0.25) is 0 Å². The molecule has 21 heavy (non-hydrogen) atoms. The van der Waals surface area contributed by atoms with E-state index in [9.17, 15) is 4.79 Å². The van der Waals surface area contributed by atoms with Gasteiger partial charge in [0, 0.05) is 10.0 Å². The second-order valence-corrected chi connectivity index (χ2v) is 6.44. The Morgan fingerprint density at radius 1 is 0.905 bits per heavy atom. The summed E-state index contributed by atoms with van der Waals surface area (Å²) >= 11 is 3.41. The Bertz CT molecular complexity index is 602. The summed E-state index contributed by atoms with van der Waals surface area (Å²) in [4.78, 5) is 12.3. The molecule has 2 aromatic rings. The van der Waals surface area contributed by atoms with Gasteiger partial charge in [0.2, 0.25) is 0 Å². The molecule has 1 N–H and O–H groups in total. The zero-order valence-electron chi connectivity index (χ0n) is 12.6. The smallest absolute Gasteiger partial charge is 0.251 e. The zero-order chi connectivity index (χ0) is 15.4. The first-order valence-corrected chi connectivity index (χ1v) is 7.93. The number of carbonyl (C=O) groups is 1. The van der Waals surface area contributed by atoms with E-state index in [2.05, 4.69) is 35.1 Å². The molecular weight excluding hydrogens is 326 g/mol. The summed E-state index contributed by atoms with van der Waals surface area (Å²) in [5.41, 5.74) is 3.03. The van der Waals surface area contributed by atoms with Gasteiger partial charge in [-0.15, -0.1) is 0 Å². The van der Waals surface area contributed by atoms with Gasteiger partial charge in [-0.05, 0) is 48.2 Å². The van der Waals surface area contributed by atoms with Crippen molar-refractivity contribution in [3.8, 4) is 0 Å². The number of nitrogens with one attached hydrogen (secondary N) is 1. The van der Waals surface area contributed by atoms with Crippen LogP contribution in [0.5, 0.6) is 0 Å². The van der Waals surface area contributed by atoms with E-state index in [1.807, 2.05) is 55.5 Å². The molecule has 0 spiro atoms. The van der Waals surface area contributed by atoms with Crippen molar-refractivity contribution in [2.24, 2.45) is 0 Å². The molecular formula is C18H20BrNO. The molecule has 2 nitrogen and oxygen atoms in total. The van der Waals surface area contributed by atoms with Crippen molar-refractivity contribution in [1.82, 2.24) is 5.32 Å². The number of hydrogen-bond donors (Lipinski definition) is 1. The zero-order valence-corrected chi connectivity index (χ0v) is 14.1. The molecule has 0 aliphatic heterocycles. The number of hydrogen-bond acceptors (Lipinski definition) is 1. The first-order valence-electron chi connectivity index (χ1n) is 7.13. The Hall–Kier alpha value is -1.61. The van der Waals surface area contributed by atoms with Crippen LogP contribution in [0, 0.1) is 0 Å². The van der Waals surface area contributed by atoms with Crippen LogP contribution in [0.4, 0.5) is 0 Å². The van der Waals surface area contributed by atoms with Gasteiger partial charge in [0.15, 0.2) is 0 Å². The van der Waals surface area contributed by atoms with E-state index < -0.39 is 0 Å². The fourth-order valence-corrected chi connectivity index (χ4v) is 2.40. The first-order chi connectivity index (χ1) is 9.97. The largest absolute Gasteiger partial charge is 0.346 e. The van der Waals surface area contributed by atoms with Crippen molar-refractivity contribution >= 4 is 21.8 Å². The Balaban J connectivity index is 2.05. The predicted octanol–water partition coefficient (Wildman–Crippen LogP) is 5.06. The fraction of sp³-hybridized carbons (Fsp3) is 0.278. The maximum absolute atomic E-state index is 12.3. The molecule has 110 valence electrons.